The van der Waals surface area contributed by atoms with Gasteiger partial charge in [0.05, 0.1) is 19.0 Å². The van der Waals surface area contributed by atoms with Crippen molar-refractivity contribution >= 4 is 10.8 Å². The van der Waals surface area contributed by atoms with Gasteiger partial charge < -0.3 is 20.7 Å². The van der Waals surface area contributed by atoms with Crippen LogP contribution < -0.4 is 15.8 Å². The summed E-state index contributed by atoms with van der Waals surface area (Å²) in [5.74, 6) is 2.02. The minimum Gasteiger partial charge on any atom is -0.497 e. The highest BCUT2D eigenvalue weighted by molar-refractivity contribution is 5.82. The molecule has 0 saturated heterocycles. The first-order valence-electron chi connectivity index (χ1n) is 10.0. The lowest BCUT2D eigenvalue weighted by atomic mass is 10.0. The molecule has 29 heavy (non-hydrogen) atoms. The normalized spacial score (nSPS) is 17.3. The van der Waals surface area contributed by atoms with E-state index in [2.05, 4.69) is 64.7 Å². The van der Waals surface area contributed by atoms with Crippen LogP contribution in [0.4, 0.5) is 0 Å². The number of pyridine rings is 1. The summed E-state index contributed by atoms with van der Waals surface area (Å²) in [4.78, 5) is 6.51. The van der Waals surface area contributed by atoms with Gasteiger partial charge in [-0.2, -0.15) is 0 Å². The van der Waals surface area contributed by atoms with Crippen LogP contribution in [0.5, 0.6) is 5.75 Å². The molecule has 5 nitrogen and oxygen atoms in total. The van der Waals surface area contributed by atoms with Crippen molar-refractivity contribution in [2.45, 2.75) is 24.9 Å². The van der Waals surface area contributed by atoms with Crippen LogP contribution >= 0.6 is 0 Å². The van der Waals surface area contributed by atoms with Crippen LogP contribution in [0.15, 0.2) is 72.8 Å². The highest BCUT2D eigenvalue weighted by Gasteiger charge is 2.24. The Morgan fingerprint density at radius 1 is 1.17 bits per heavy atom. The summed E-state index contributed by atoms with van der Waals surface area (Å²) in [5, 5.41) is 5.94. The second-order valence-corrected chi connectivity index (χ2v) is 7.63. The van der Waals surface area contributed by atoms with E-state index in [1.165, 1.54) is 21.9 Å². The summed E-state index contributed by atoms with van der Waals surface area (Å²) in [6, 6.07) is 17.2. The van der Waals surface area contributed by atoms with Gasteiger partial charge in [-0.15, -0.1) is 0 Å². The van der Waals surface area contributed by atoms with Crippen LogP contribution in [0.2, 0.25) is 0 Å². The molecular weight excluding hydrogens is 360 g/mol. The molecule has 0 spiro atoms. The fourth-order valence-corrected chi connectivity index (χ4v) is 3.93. The van der Waals surface area contributed by atoms with Gasteiger partial charge >= 0.3 is 0 Å². The number of fused-ring (bicyclic) bond motifs is 1. The van der Waals surface area contributed by atoms with Crippen LogP contribution in [0, 0.1) is 0 Å². The van der Waals surface area contributed by atoms with Gasteiger partial charge in [0.2, 0.25) is 0 Å². The lowest BCUT2D eigenvalue weighted by Gasteiger charge is -2.27. The Kier molecular flexibility index (Phi) is 5.67. The van der Waals surface area contributed by atoms with Gasteiger partial charge in [-0.3, -0.25) is 4.98 Å². The first kappa shape index (κ1) is 19.3. The molecule has 0 aliphatic carbocycles. The second-order valence-electron chi connectivity index (χ2n) is 7.63. The molecule has 2 heterocycles. The van der Waals surface area contributed by atoms with Crippen molar-refractivity contribution in [3.8, 4) is 5.75 Å². The highest BCUT2D eigenvalue weighted by Crippen LogP contribution is 2.33. The van der Waals surface area contributed by atoms with Crippen molar-refractivity contribution in [3.05, 3.63) is 83.9 Å². The molecule has 150 valence electrons. The lowest BCUT2D eigenvalue weighted by Crippen LogP contribution is -2.38. The van der Waals surface area contributed by atoms with Gasteiger partial charge in [0.1, 0.15) is 5.75 Å². The first-order chi connectivity index (χ1) is 14.1. The van der Waals surface area contributed by atoms with Gasteiger partial charge in [-0.05, 0) is 59.7 Å². The Morgan fingerprint density at radius 3 is 2.79 bits per heavy atom. The summed E-state index contributed by atoms with van der Waals surface area (Å²) in [6.45, 7) is 0.734. The molecule has 2 atom stereocenters. The molecule has 1 unspecified atom stereocenters. The van der Waals surface area contributed by atoms with Gasteiger partial charge in [0.25, 0.3) is 0 Å². The number of hydrogen-bond acceptors (Lipinski definition) is 5. The number of nitrogens with one attached hydrogen (secondary N) is 1. The van der Waals surface area contributed by atoms with Crippen molar-refractivity contribution < 1.29 is 4.74 Å². The van der Waals surface area contributed by atoms with E-state index in [1.807, 2.05) is 24.5 Å². The van der Waals surface area contributed by atoms with Crippen LogP contribution in [0.25, 0.3) is 10.8 Å². The number of hydrogen-bond donors (Lipinski definition) is 2. The van der Waals surface area contributed by atoms with Gasteiger partial charge in [-0.1, -0.05) is 24.3 Å². The minimum absolute atomic E-state index is 0.0462. The first-order valence-corrected chi connectivity index (χ1v) is 10.0. The third-order valence-electron chi connectivity index (χ3n) is 5.63. The predicted octanol–water partition coefficient (Wildman–Crippen LogP) is 3.62. The van der Waals surface area contributed by atoms with Crippen molar-refractivity contribution in [1.29, 1.82) is 0 Å². The molecular formula is C24H28N4O. The molecule has 2 aromatic carbocycles. The monoisotopic (exact) mass is 388 g/mol. The SMILES string of the molecule is COc1ccc(C[C@H](N)CNC2=CCC(c3ccc4cnccc4c3)N2C)cc1. The van der Waals surface area contributed by atoms with Crippen LogP contribution in [-0.4, -0.2) is 36.6 Å². The van der Waals surface area contributed by atoms with Crippen molar-refractivity contribution in [2.24, 2.45) is 5.73 Å². The predicted molar refractivity (Wildman–Crippen MR) is 118 cm³/mol. The van der Waals surface area contributed by atoms with E-state index in [9.17, 15) is 0 Å². The Hall–Kier alpha value is -3.05. The van der Waals surface area contributed by atoms with Crippen molar-refractivity contribution in [2.75, 3.05) is 20.7 Å². The average Bonchev–Trinajstić information content (AvgIpc) is 3.13. The quantitative estimate of drug-likeness (QED) is 0.647. The summed E-state index contributed by atoms with van der Waals surface area (Å²) >= 11 is 0. The number of benzene rings is 2. The molecule has 3 aromatic rings. The standard InChI is InChI=1S/C24H28N4O/c1-28-23(19-5-6-20-15-26-12-11-18(20)14-19)9-10-24(28)27-16-21(25)13-17-3-7-22(29-2)8-4-17/h3-8,10-12,14-15,21,23,27H,9,13,16,25H2,1-2H3/t21-,23?/m0/s1. The van der Waals surface area contributed by atoms with Crippen LogP contribution in [-0.2, 0) is 6.42 Å². The van der Waals surface area contributed by atoms with Gasteiger partial charge in [0, 0.05) is 37.4 Å². The van der Waals surface area contributed by atoms with Gasteiger partial charge in [0.15, 0.2) is 0 Å². The van der Waals surface area contributed by atoms with Crippen molar-refractivity contribution in [3.63, 3.8) is 0 Å². The van der Waals surface area contributed by atoms with E-state index in [-0.39, 0.29) is 6.04 Å². The second kappa shape index (κ2) is 8.53. The molecule has 0 bridgehead atoms. The largest absolute Gasteiger partial charge is 0.497 e. The van der Waals surface area contributed by atoms with E-state index in [1.54, 1.807) is 7.11 Å². The number of rotatable bonds is 7. The molecule has 1 aliphatic rings. The summed E-state index contributed by atoms with van der Waals surface area (Å²) < 4.78 is 5.21. The maximum Gasteiger partial charge on any atom is 0.118 e. The topological polar surface area (TPSA) is 63.4 Å². The number of nitrogens with zero attached hydrogens (tertiary/aromatic N) is 2. The zero-order valence-electron chi connectivity index (χ0n) is 17.0. The zero-order chi connectivity index (χ0) is 20.2. The van der Waals surface area contributed by atoms with E-state index in [4.69, 9.17) is 10.5 Å². The molecule has 4 rings (SSSR count). The third-order valence-corrected chi connectivity index (χ3v) is 5.63. The maximum absolute atomic E-state index is 6.36. The molecule has 0 saturated carbocycles. The van der Waals surface area contributed by atoms with Crippen LogP contribution in [0.1, 0.15) is 23.6 Å². The Labute approximate surface area is 172 Å². The number of methoxy groups -OCH3 is 1. The summed E-state index contributed by atoms with van der Waals surface area (Å²) in [6.07, 6.45) is 7.84. The van der Waals surface area contributed by atoms with Crippen molar-refractivity contribution in [1.82, 2.24) is 15.2 Å². The van der Waals surface area contributed by atoms with E-state index >= 15 is 0 Å². The van der Waals surface area contributed by atoms with E-state index < -0.39 is 0 Å². The van der Waals surface area contributed by atoms with E-state index in [0.29, 0.717) is 6.04 Å². The molecule has 0 radical (unpaired) electrons. The molecule has 0 amide bonds. The van der Waals surface area contributed by atoms with E-state index in [0.717, 1.165) is 31.0 Å². The van der Waals surface area contributed by atoms with Gasteiger partial charge in [-0.25, -0.2) is 0 Å². The number of nitrogens with two attached hydrogens (primary N) is 1. The fraction of sp³-hybridized carbons (Fsp3) is 0.292. The highest BCUT2D eigenvalue weighted by atomic mass is 16.5. The molecule has 5 heteroatoms. The zero-order valence-corrected chi connectivity index (χ0v) is 17.0. The van der Waals surface area contributed by atoms with Crippen LogP contribution in [0.3, 0.4) is 0 Å². The molecule has 1 aromatic heterocycles. The Morgan fingerprint density at radius 2 is 2.00 bits per heavy atom. The fourth-order valence-electron chi connectivity index (χ4n) is 3.93. The third kappa shape index (κ3) is 4.35. The smallest absolute Gasteiger partial charge is 0.118 e. The lowest BCUT2D eigenvalue weighted by molar-refractivity contribution is 0.318. The Balaban J connectivity index is 1.33. The maximum atomic E-state index is 6.36. The number of ether oxygens (including phenoxy) is 1. The summed E-state index contributed by atoms with van der Waals surface area (Å²) in [7, 11) is 3.82. The molecule has 0 fully saturated rings. The molecule has 1 aliphatic heterocycles. The Bertz CT molecular complexity index is 999. The number of aromatic nitrogens is 1. The average molecular weight is 389 g/mol. The molecule has 3 N–H and O–H groups in total. The minimum atomic E-state index is 0.0462. The summed E-state index contributed by atoms with van der Waals surface area (Å²) in [5.41, 5.74) is 8.90.